The van der Waals surface area contributed by atoms with Crippen molar-refractivity contribution in [3.63, 3.8) is 0 Å². The minimum absolute atomic E-state index is 0.0262. The number of ether oxygens (including phenoxy) is 2. The Kier molecular flexibility index (Phi) is 13.9. The van der Waals surface area contributed by atoms with Gasteiger partial charge in [-0.1, -0.05) is 60.7 Å². The monoisotopic (exact) mass is 676 g/mol. The van der Waals surface area contributed by atoms with E-state index < -0.39 is 41.1 Å². The molecular weight excluding hydrogens is 628 g/mol. The Morgan fingerprint density at radius 3 is 2.10 bits per heavy atom. The van der Waals surface area contributed by atoms with Crippen molar-refractivity contribution in [2.75, 3.05) is 25.5 Å². The summed E-state index contributed by atoms with van der Waals surface area (Å²) in [7, 11) is 1.31. The first-order valence-corrected chi connectivity index (χ1v) is 16.2. The first kappa shape index (κ1) is 38.2. The third-order valence-corrected chi connectivity index (χ3v) is 7.58. The number of hydrogen-bond acceptors (Lipinski definition) is 8. The number of carbonyl (C=O) groups excluding carboxylic acids is 5. The number of carbonyl (C=O) groups is 5. The molecule has 4 rings (SSSR count). The molecule has 1 aliphatic rings. The molecule has 13 nitrogen and oxygen atoms in total. The molecule has 3 N–H and O–H groups in total. The molecule has 3 aromatic rings. The second-order valence-electron chi connectivity index (χ2n) is 13.2. The molecule has 4 amide bonds. The Hall–Kier alpha value is -5.20. The number of likely N-dealkylation sites (tertiary alicyclic amines) is 1. The number of nitrogens with one attached hydrogen (secondary N) is 3. The lowest BCUT2D eigenvalue weighted by molar-refractivity contribution is -0.132. The number of hydrogen-bond donors (Lipinski definition) is 3. The van der Waals surface area contributed by atoms with E-state index >= 15 is 0 Å². The quantitative estimate of drug-likeness (QED) is 0.240. The smallest absolute Gasteiger partial charge is 0.408 e. The van der Waals surface area contributed by atoms with Crippen LogP contribution in [0.25, 0.3) is 0 Å². The molecule has 1 aliphatic heterocycles. The predicted octanol–water partition coefficient (Wildman–Crippen LogP) is 4.24. The zero-order valence-electron chi connectivity index (χ0n) is 29.1. The number of aromatic nitrogens is 2. The summed E-state index contributed by atoms with van der Waals surface area (Å²) in [5.41, 5.74) is -0.284. The molecule has 1 fully saturated rings. The van der Waals surface area contributed by atoms with Crippen LogP contribution in [0.3, 0.4) is 0 Å². The minimum atomic E-state index is -1.37. The van der Waals surface area contributed by atoms with Gasteiger partial charge in [0.2, 0.25) is 17.7 Å². The molecule has 13 heteroatoms. The van der Waals surface area contributed by atoms with Crippen molar-refractivity contribution >= 4 is 36.1 Å². The second kappa shape index (κ2) is 17.8. The topological polar surface area (TPSA) is 161 Å². The van der Waals surface area contributed by atoms with Crippen LogP contribution in [0.5, 0.6) is 0 Å². The van der Waals surface area contributed by atoms with Gasteiger partial charge >= 0.3 is 6.09 Å². The zero-order chi connectivity index (χ0) is 36.0. The average Bonchev–Trinajstić information content (AvgIpc) is 3.76. The number of rotatable bonds is 12. The lowest BCUT2D eigenvalue weighted by Gasteiger charge is -2.29. The van der Waals surface area contributed by atoms with Gasteiger partial charge in [0.25, 0.3) is 6.47 Å². The van der Waals surface area contributed by atoms with Crippen LogP contribution in [0.1, 0.15) is 71.0 Å². The Balaban J connectivity index is 0.00000154. The number of methoxy groups -OCH3 is 1. The number of nitrogens with zero attached hydrogens (tertiary/aromatic N) is 3. The van der Waals surface area contributed by atoms with Gasteiger partial charge in [0.1, 0.15) is 23.2 Å². The summed E-state index contributed by atoms with van der Waals surface area (Å²) in [6, 6.07) is 17.5. The van der Waals surface area contributed by atoms with Crippen molar-refractivity contribution in [1.29, 1.82) is 0 Å². The molecule has 0 saturated carbocycles. The van der Waals surface area contributed by atoms with E-state index in [1.54, 1.807) is 45.4 Å². The molecule has 1 aromatic heterocycles. The Labute approximate surface area is 287 Å². The Morgan fingerprint density at radius 1 is 0.939 bits per heavy atom. The highest BCUT2D eigenvalue weighted by Gasteiger charge is 2.35. The van der Waals surface area contributed by atoms with E-state index in [1.807, 2.05) is 65.6 Å². The fraction of sp³-hybridized carbons (Fsp3) is 0.444. The number of alkyl carbamates (subject to hydrolysis) is 1. The predicted molar refractivity (Wildman–Crippen MR) is 184 cm³/mol. The van der Waals surface area contributed by atoms with Crippen LogP contribution in [0.4, 0.5) is 10.6 Å². The van der Waals surface area contributed by atoms with E-state index in [1.165, 1.54) is 13.4 Å². The van der Waals surface area contributed by atoms with E-state index in [4.69, 9.17) is 9.53 Å². The van der Waals surface area contributed by atoms with E-state index in [2.05, 4.69) is 25.7 Å². The molecular formula is C36H48N6O7. The molecule has 0 spiro atoms. The Morgan fingerprint density at radius 2 is 1.53 bits per heavy atom. The number of aryl methyl sites for hydroxylation is 1. The maximum atomic E-state index is 13.6. The van der Waals surface area contributed by atoms with Crippen LogP contribution in [0, 0.1) is 0 Å². The van der Waals surface area contributed by atoms with Crippen LogP contribution >= 0.6 is 0 Å². The zero-order valence-corrected chi connectivity index (χ0v) is 29.1. The van der Waals surface area contributed by atoms with Gasteiger partial charge < -0.3 is 34.9 Å². The molecule has 2 unspecified atom stereocenters. The normalized spacial score (nSPS) is 14.0. The van der Waals surface area contributed by atoms with Crippen LogP contribution in [0.15, 0.2) is 73.2 Å². The summed E-state index contributed by atoms with van der Waals surface area (Å²) in [5, 5.41) is 8.22. The summed E-state index contributed by atoms with van der Waals surface area (Å²) in [6.45, 7) is 10.1. The van der Waals surface area contributed by atoms with E-state index in [9.17, 15) is 19.2 Å². The maximum Gasteiger partial charge on any atom is 0.408 e. The summed E-state index contributed by atoms with van der Waals surface area (Å²) in [4.78, 5) is 68.2. The largest absolute Gasteiger partial charge is 0.471 e. The molecule has 2 aromatic carbocycles. The van der Waals surface area contributed by atoms with Gasteiger partial charge in [-0.2, -0.15) is 0 Å². The number of anilines is 1. The van der Waals surface area contributed by atoms with Gasteiger partial charge in [-0.05, 0) is 71.4 Å². The van der Waals surface area contributed by atoms with Crippen molar-refractivity contribution in [3.8, 4) is 0 Å². The lowest BCUT2D eigenvalue weighted by atomic mass is 10.0. The first-order valence-electron chi connectivity index (χ1n) is 16.2. The fourth-order valence-electron chi connectivity index (χ4n) is 5.12. The van der Waals surface area contributed by atoms with E-state index in [0.29, 0.717) is 32.4 Å². The van der Waals surface area contributed by atoms with E-state index in [0.717, 1.165) is 24.0 Å². The highest BCUT2D eigenvalue weighted by atomic mass is 16.6. The van der Waals surface area contributed by atoms with Gasteiger partial charge in [0, 0.05) is 19.3 Å². The minimum Gasteiger partial charge on any atom is -0.471 e. The molecule has 0 radical (unpaired) electrons. The summed E-state index contributed by atoms with van der Waals surface area (Å²) in [5.74, 6) is -0.797. The molecule has 49 heavy (non-hydrogen) atoms. The van der Waals surface area contributed by atoms with Crippen molar-refractivity contribution < 1.29 is 33.4 Å². The SMILES string of the molecule is CC(C)(C)OC(=O)NC(C)(C)C(=O)NC(CCc1ccccc1)C(=O)Nc1cn(C(C(=O)N2CCCC2)c2ccccc2)cn1.COC=O. The van der Waals surface area contributed by atoms with Gasteiger partial charge in [-0.25, -0.2) is 9.78 Å². The fourth-order valence-corrected chi connectivity index (χ4v) is 5.12. The lowest BCUT2D eigenvalue weighted by Crippen LogP contribution is -2.59. The molecule has 0 aliphatic carbocycles. The molecule has 0 bridgehead atoms. The van der Waals surface area contributed by atoms with Crippen LogP contribution in [0.2, 0.25) is 0 Å². The molecule has 2 atom stereocenters. The highest BCUT2D eigenvalue weighted by molar-refractivity contribution is 5.98. The van der Waals surface area contributed by atoms with Gasteiger partial charge in [0.05, 0.1) is 13.4 Å². The highest BCUT2D eigenvalue weighted by Crippen LogP contribution is 2.25. The molecule has 264 valence electrons. The number of imidazole rings is 1. The van der Waals surface area contributed by atoms with Crippen molar-refractivity contribution in [1.82, 2.24) is 25.1 Å². The number of benzene rings is 2. The van der Waals surface area contributed by atoms with Gasteiger partial charge in [-0.3, -0.25) is 19.2 Å². The third kappa shape index (κ3) is 12.1. The third-order valence-electron chi connectivity index (χ3n) is 7.58. The Bertz CT molecular complexity index is 1530. The molecule has 2 heterocycles. The van der Waals surface area contributed by atoms with Crippen molar-refractivity contribution in [3.05, 3.63) is 84.3 Å². The summed E-state index contributed by atoms with van der Waals surface area (Å²) >= 11 is 0. The van der Waals surface area contributed by atoms with Gasteiger partial charge in [-0.15, -0.1) is 0 Å². The van der Waals surface area contributed by atoms with Crippen LogP contribution in [-0.4, -0.2) is 82.1 Å². The first-order chi connectivity index (χ1) is 23.2. The second-order valence-corrected chi connectivity index (χ2v) is 13.2. The molecule has 1 saturated heterocycles. The van der Waals surface area contributed by atoms with Crippen molar-refractivity contribution in [2.45, 2.75) is 83.5 Å². The average molecular weight is 677 g/mol. The maximum absolute atomic E-state index is 13.6. The standard InChI is InChI=1S/C34H44N6O5.C2H4O2/c1-33(2,3)45-32(44)38-34(4,5)31(43)36-26(19-18-24-14-8-6-9-15-24)29(41)37-27-22-40(23-35-27)28(25-16-10-7-11-17-25)30(42)39-20-12-13-21-39;1-4-2-3/h6-11,14-17,22-23,26,28H,12-13,18-21H2,1-5H3,(H,36,43)(H,37,41)(H,38,44);2H,1H3. The number of amides is 4. The van der Waals surface area contributed by atoms with Crippen LogP contribution in [-0.2, 0) is 35.1 Å². The summed E-state index contributed by atoms with van der Waals surface area (Å²) in [6.07, 6.45) is 5.19. The van der Waals surface area contributed by atoms with Crippen LogP contribution < -0.4 is 16.0 Å². The van der Waals surface area contributed by atoms with Gasteiger partial charge in [0.15, 0.2) is 5.82 Å². The summed E-state index contributed by atoms with van der Waals surface area (Å²) < 4.78 is 10.9. The van der Waals surface area contributed by atoms with E-state index in [-0.39, 0.29) is 11.7 Å². The van der Waals surface area contributed by atoms with Crippen molar-refractivity contribution in [2.24, 2.45) is 0 Å².